The summed E-state index contributed by atoms with van der Waals surface area (Å²) in [6.07, 6.45) is 4.21. The molecule has 0 atom stereocenters. The monoisotopic (exact) mass is 355 g/mol. The molecule has 3 aromatic carbocycles. The number of benzene rings is 3. The first-order valence-corrected chi connectivity index (χ1v) is 9.11. The van der Waals surface area contributed by atoms with E-state index < -0.39 is 0 Å². The van der Waals surface area contributed by atoms with Crippen molar-refractivity contribution in [2.75, 3.05) is 6.54 Å². The quantitative estimate of drug-likeness (QED) is 0.567. The molecule has 0 aliphatic rings. The third kappa shape index (κ3) is 4.06. The van der Waals surface area contributed by atoms with E-state index in [9.17, 15) is 4.79 Å². The van der Waals surface area contributed by atoms with Gasteiger partial charge in [-0.15, -0.1) is 0 Å². The molecule has 1 amide bonds. The van der Waals surface area contributed by atoms with Crippen molar-refractivity contribution in [3.63, 3.8) is 0 Å². The Morgan fingerprint density at radius 1 is 0.926 bits per heavy atom. The van der Waals surface area contributed by atoms with Crippen molar-refractivity contribution in [2.45, 2.75) is 13.0 Å². The van der Waals surface area contributed by atoms with Gasteiger partial charge in [-0.05, 0) is 28.3 Å². The maximum atomic E-state index is 12.4. The van der Waals surface area contributed by atoms with Gasteiger partial charge in [-0.25, -0.2) is 0 Å². The number of hydrogen-bond acceptors (Lipinski definition) is 2. The van der Waals surface area contributed by atoms with Crippen LogP contribution in [0.25, 0.3) is 10.8 Å². The molecule has 0 fully saturated rings. The average Bonchev–Trinajstić information content (AvgIpc) is 3.17. The van der Waals surface area contributed by atoms with Gasteiger partial charge in [-0.1, -0.05) is 72.8 Å². The highest BCUT2D eigenvalue weighted by Gasteiger charge is 2.09. The average molecular weight is 355 g/mol. The molecule has 27 heavy (non-hydrogen) atoms. The Morgan fingerprint density at radius 2 is 1.70 bits per heavy atom. The van der Waals surface area contributed by atoms with Gasteiger partial charge in [0, 0.05) is 12.7 Å². The van der Waals surface area contributed by atoms with Crippen molar-refractivity contribution in [1.82, 2.24) is 15.1 Å². The lowest BCUT2D eigenvalue weighted by Gasteiger charge is -2.07. The van der Waals surface area contributed by atoms with E-state index in [-0.39, 0.29) is 5.91 Å². The van der Waals surface area contributed by atoms with Gasteiger partial charge in [0.2, 0.25) is 0 Å². The molecule has 4 rings (SSSR count). The Balaban J connectivity index is 1.36. The fourth-order valence-corrected chi connectivity index (χ4v) is 3.26. The summed E-state index contributed by atoms with van der Waals surface area (Å²) in [4.78, 5) is 12.4. The molecule has 4 aromatic rings. The van der Waals surface area contributed by atoms with Crippen LogP contribution in [0.2, 0.25) is 0 Å². The second kappa shape index (κ2) is 7.87. The number of hydrogen-bond donors (Lipinski definition) is 1. The van der Waals surface area contributed by atoms with Crippen molar-refractivity contribution in [1.29, 1.82) is 0 Å². The zero-order valence-corrected chi connectivity index (χ0v) is 15.0. The lowest BCUT2D eigenvalue weighted by atomic mass is 10.0. The molecular formula is C23H21N3O. The number of nitrogens with one attached hydrogen (secondary N) is 1. The second-order valence-corrected chi connectivity index (χ2v) is 6.56. The van der Waals surface area contributed by atoms with Gasteiger partial charge in [0.15, 0.2) is 0 Å². The van der Waals surface area contributed by atoms with Crippen LogP contribution < -0.4 is 5.32 Å². The number of fused-ring (bicyclic) bond motifs is 1. The maximum Gasteiger partial charge on any atom is 0.254 e. The van der Waals surface area contributed by atoms with Crippen LogP contribution in [-0.2, 0) is 13.0 Å². The van der Waals surface area contributed by atoms with Gasteiger partial charge >= 0.3 is 0 Å². The van der Waals surface area contributed by atoms with Crippen molar-refractivity contribution in [3.8, 4) is 0 Å². The van der Waals surface area contributed by atoms with Crippen molar-refractivity contribution in [3.05, 3.63) is 102 Å². The number of rotatable bonds is 6. The molecule has 0 aliphatic carbocycles. The lowest BCUT2D eigenvalue weighted by Crippen LogP contribution is -2.25. The molecule has 4 nitrogen and oxygen atoms in total. The highest BCUT2D eigenvalue weighted by Crippen LogP contribution is 2.18. The van der Waals surface area contributed by atoms with Crippen LogP contribution in [0.4, 0.5) is 0 Å². The van der Waals surface area contributed by atoms with Gasteiger partial charge in [0.05, 0.1) is 18.3 Å². The predicted molar refractivity (Wildman–Crippen MR) is 108 cm³/mol. The summed E-state index contributed by atoms with van der Waals surface area (Å²) in [5, 5.41) is 9.76. The third-order valence-corrected chi connectivity index (χ3v) is 4.64. The molecule has 0 aliphatic heterocycles. The zero-order chi connectivity index (χ0) is 18.5. The fraction of sp³-hybridized carbons (Fsp3) is 0.130. The molecule has 1 heterocycles. The lowest BCUT2D eigenvalue weighted by molar-refractivity contribution is 0.0954. The van der Waals surface area contributed by atoms with E-state index in [1.807, 2.05) is 42.5 Å². The van der Waals surface area contributed by atoms with Crippen molar-refractivity contribution in [2.24, 2.45) is 0 Å². The maximum absolute atomic E-state index is 12.4. The van der Waals surface area contributed by atoms with Gasteiger partial charge < -0.3 is 5.32 Å². The first-order chi connectivity index (χ1) is 13.3. The molecule has 0 saturated carbocycles. The summed E-state index contributed by atoms with van der Waals surface area (Å²) in [7, 11) is 0. The van der Waals surface area contributed by atoms with Crippen LogP contribution in [-0.4, -0.2) is 22.2 Å². The second-order valence-electron chi connectivity index (χ2n) is 6.56. The van der Waals surface area contributed by atoms with Crippen molar-refractivity contribution >= 4 is 16.7 Å². The van der Waals surface area contributed by atoms with Crippen LogP contribution in [0.3, 0.4) is 0 Å². The van der Waals surface area contributed by atoms with Gasteiger partial charge in [0.25, 0.3) is 5.91 Å². The SMILES string of the molecule is O=C(NCCc1cccc2ccccc12)c1cnn(Cc2ccccc2)c1. The molecular weight excluding hydrogens is 334 g/mol. The Hall–Kier alpha value is -3.40. The summed E-state index contributed by atoms with van der Waals surface area (Å²) >= 11 is 0. The van der Waals surface area contributed by atoms with Crippen molar-refractivity contribution < 1.29 is 4.79 Å². The minimum atomic E-state index is -0.0884. The highest BCUT2D eigenvalue weighted by atomic mass is 16.1. The van der Waals surface area contributed by atoms with Gasteiger partial charge in [-0.3, -0.25) is 9.48 Å². The predicted octanol–water partition coefficient (Wildman–Crippen LogP) is 4.06. The van der Waals surface area contributed by atoms with E-state index in [2.05, 4.69) is 40.7 Å². The Morgan fingerprint density at radius 3 is 2.59 bits per heavy atom. The Bertz CT molecular complexity index is 1050. The molecule has 4 heteroatoms. The third-order valence-electron chi connectivity index (χ3n) is 4.64. The molecule has 0 bridgehead atoms. The Labute approximate surface area is 158 Å². The molecule has 1 N–H and O–H groups in total. The first kappa shape index (κ1) is 17.0. The highest BCUT2D eigenvalue weighted by molar-refractivity contribution is 5.93. The van der Waals surface area contributed by atoms with Crippen LogP contribution in [0.15, 0.2) is 85.2 Å². The summed E-state index contributed by atoms with van der Waals surface area (Å²) in [6, 6.07) is 24.7. The van der Waals surface area contributed by atoms with E-state index >= 15 is 0 Å². The molecule has 0 saturated heterocycles. The molecule has 1 aromatic heterocycles. The summed E-state index contributed by atoms with van der Waals surface area (Å²) in [6.45, 7) is 1.25. The summed E-state index contributed by atoms with van der Waals surface area (Å²) in [5.41, 5.74) is 2.99. The van der Waals surface area contributed by atoms with E-state index in [1.165, 1.54) is 16.3 Å². The topological polar surface area (TPSA) is 46.9 Å². The standard InChI is InChI=1S/C23H21N3O/c27-23(21-15-25-26(17-21)16-18-7-2-1-3-8-18)24-14-13-20-11-6-10-19-9-4-5-12-22(19)20/h1-12,15,17H,13-14,16H2,(H,24,27). The minimum Gasteiger partial charge on any atom is -0.352 e. The molecule has 134 valence electrons. The number of carbonyl (C=O) groups excluding carboxylic acids is 1. The molecule has 0 spiro atoms. The van der Waals surface area contributed by atoms with Crippen LogP contribution in [0.1, 0.15) is 21.5 Å². The van der Waals surface area contributed by atoms with Crippen LogP contribution in [0.5, 0.6) is 0 Å². The van der Waals surface area contributed by atoms with E-state index in [0.717, 1.165) is 12.0 Å². The fourth-order valence-electron chi connectivity index (χ4n) is 3.26. The number of amides is 1. The summed E-state index contributed by atoms with van der Waals surface area (Å²) in [5.74, 6) is -0.0884. The summed E-state index contributed by atoms with van der Waals surface area (Å²) < 4.78 is 1.79. The number of nitrogens with zero attached hydrogens (tertiary/aromatic N) is 2. The number of aromatic nitrogens is 2. The largest absolute Gasteiger partial charge is 0.352 e. The molecule has 0 radical (unpaired) electrons. The van der Waals surface area contributed by atoms with Crippen LogP contribution in [0, 0.1) is 0 Å². The smallest absolute Gasteiger partial charge is 0.254 e. The van der Waals surface area contributed by atoms with E-state index in [1.54, 1.807) is 17.1 Å². The van der Waals surface area contributed by atoms with E-state index in [0.29, 0.717) is 18.7 Å². The zero-order valence-electron chi connectivity index (χ0n) is 15.0. The van der Waals surface area contributed by atoms with Gasteiger partial charge in [0.1, 0.15) is 0 Å². The minimum absolute atomic E-state index is 0.0884. The number of carbonyl (C=O) groups is 1. The normalized spacial score (nSPS) is 10.8. The Kier molecular flexibility index (Phi) is 4.97. The van der Waals surface area contributed by atoms with E-state index in [4.69, 9.17) is 0 Å². The molecule has 0 unspecified atom stereocenters. The van der Waals surface area contributed by atoms with Gasteiger partial charge in [-0.2, -0.15) is 5.10 Å². The van der Waals surface area contributed by atoms with Crippen LogP contribution >= 0.6 is 0 Å². The first-order valence-electron chi connectivity index (χ1n) is 9.11.